The van der Waals surface area contributed by atoms with Crippen molar-refractivity contribution in [3.63, 3.8) is 0 Å². The van der Waals surface area contributed by atoms with Gasteiger partial charge in [-0.05, 0) is 43.3 Å². The van der Waals surface area contributed by atoms with Crippen molar-refractivity contribution in [1.29, 1.82) is 0 Å². The molecule has 1 aliphatic heterocycles. The number of carbonyl (C=O) groups is 1. The maximum atomic E-state index is 12.9. The lowest BCUT2D eigenvalue weighted by molar-refractivity contribution is 0.0746. The Morgan fingerprint density at radius 1 is 0.971 bits per heavy atom. The quantitative estimate of drug-likeness (QED) is 0.456. The third-order valence-corrected chi connectivity index (χ3v) is 6.25. The smallest absolute Gasteiger partial charge is 0.253 e. The van der Waals surface area contributed by atoms with Gasteiger partial charge in [0.1, 0.15) is 17.4 Å². The predicted octanol–water partition coefficient (Wildman–Crippen LogP) is 3.66. The van der Waals surface area contributed by atoms with E-state index >= 15 is 0 Å². The summed E-state index contributed by atoms with van der Waals surface area (Å²) < 4.78 is 7.12. The zero-order valence-corrected chi connectivity index (χ0v) is 19.7. The minimum Gasteiger partial charge on any atom is -0.497 e. The highest BCUT2D eigenvalue weighted by molar-refractivity contribution is 5.94. The third-order valence-electron chi connectivity index (χ3n) is 6.25. The number of ether oxygens (including phenoxy) is 1. The van der Waals surface area contributed by atoms with Crippen molar-refractivity contribution in [3.05, 3.63) is 71.7 Å². The number of piperazine rings is 1. The fourth-order valence-electron chi connectivity index (χ4n) is 4.25. The summed E-state index contributed by atoms with van der Waals surface area (Å²) in [4.78, 5) is 26.7. The number of amides is 1. The molecule has 34 heavy (non-hydrogen) atoms. The molecule has 2 aromatic heterocycles. The summed E-state index contributed by atoms with van der Waals surface area (Å²) in [5.41, 5.74) is 3.58. The molecule has 0 spiro atoms. The van der Waals surface area contributed by atoms with Gasteiger partial charge in [-0.3, -0.25) is 4.79 Å². The number of anilines is 1. The monoisotopic (exact) mass is 456 g/mol. The molecule has 0 bridgehead atoms. The zero-order valence-electron chi connectivity index (χ0n) is 19.7. The summed E-state index contributed by atoms with van der Waals surface area (Å²) in [5, 5.41) is 5.53. The highest BCUT2D eigenvalue weighted by Gasteiger charge is 2.25. The predicted molar refractivity (Wildman–Crippen MR) is 132 cm³/mol. The average Bonchev–Trinajstić information content (AvgIpc) is 3.32. The van der Waals surface area contributed by atoms with Gasteiger partial charge in [-0.25, -0.2) is 14.6 Å². The summed E-state index contributed by atoms with van der Waals surface area (Å²) in [7, 11) is 1.65. The first kappa shape index (κ1) is 21.9. The van der Waals surface area contributed by atoms with Crippen LogP contribution in [0.5, 0.6) is 5.75 Å². The largest absolute Gasteiger partial charge is 0.497 e. The van der Waals surface area contributed by atoms with Crippen molar-refractivity contribution in [2.75, 3.05) is 38.2 Å². The second-order valence-corrected chi connectivity index (χ2v) is 8.45. The van der Waals surface area contributed by atoms with Gasteiger partial charge in [-0.1, -0.05) is 24.6 Å². The van der Waals surface area contributed by atoms with E-state index in [1.165, 1.54) is 0 Å². The molecule has 0 radical (unpaired) electrons. The number of rotatable bonds is 5. The lowest BCUT2D eigenvalue weighted by Gasteiger charge is -2.35. The van der Waals surface area contributed by atoms with Crippen LogP contribution in [0.3, 0.4) is 0 Å². The third kappa shape index (κ3) is 4.07. The van der Waals surface area contributed by atoms with E-state index in [2.05, 4.69) is 16.9 Å². The first-order chi connectivity index (χ1) is 16.6. The van der Waals surface area contributed by atoms with Gasteiger partial charge >= 0.3 is 0 Å². The van der Waals surface area contributed by atoms with Crippen LogP contribution in [-0.2, 0) is 6.42 Å². The van der Waals surface area contributed by atoms with E-state index in [4.69, 9.17) is 14.7 Å². The molecule has 1 fully saturated rings. The average molecular weight is 457 g/mol. The van der Waals surface area contributed by atoms with E-state index in [0.29, 0.717) is 26.2 Å². The number of fused-ring (bicyclic) bond motifs is 1. The molecule has 1 amide bonds. The number of benzene rings is 2. The fourth-order valence-corrected chi connectivity index (χ4v) is 4.25. The molecule has 0 atom stereocenters. The SMILES string of the molecule is CCc1nc(N2CCN(C(=O)c3ccc(C)cc3)CC2)c2cnn(-c3ccc(OC)cc3)c2n1. The number of hydrogen-bond acceptors (Lipinski definition) is 6. The number of carbonyl (C=O) groups excluding carboxylic acids is 1. The van der Waals surface area contributed by atoms with E-state index in [9.17, 15) is 4.79 Å². The van der Waals surface area contributed by atoms with Crippen LogP contribution in [0, 0.1) is 6.92 Å². The zero-order chi connectivity index (χ0) is 23.7. The van der Waals surface area contributed by atoms with Gasteiger partial charge in [0.05, 0.1) is 24.4 Å². The van der Waals surface area contributed by atoms with Crippen molar-refractivity contribution in [2.24, 2.45) is 0 Å². The second-order valence-electron chi connectivity index (χ2n) is 8.45. The summed E-state index contributed by atoms with van der Waals surface area (Å²) in [6.45, 7) is 6.79. The Kier molecular flexibility index (Phi) is 5.88. The van der Waals surface area contributed by atoms with Crippen LogP contribution in [0.15, 0.2) is 54.7 Å². The Hall–Kier alpha value is -3.94. The van der Waals surface area contributed by atoms with Crippen molar-refractivity contribution in [3.8, 4) is 11.4 Å². The molecular formula is C26H28N6O2. The van der Waals surface area contributed by atoms with Gasteiger partial charge in [0.25, 0.3) is 5.91 Å². The lowest BCUT2D eigenvalue weighted by Crippen LogP contribution is -2.49. The molecule has 174 valence electrons. The normalized spacial score (nSPS) is 14.0. The van der Waals surface area contributed by atoms with Crippen LogP contribution in [0.1, 0.15) is 28.7 Å². The molecule has 5 rings (SSSR count). The summed E-state index contributed by atoms with van der Waals surface area (Å²) >= 11 is 0. The van der Waals surface area contributed by atoms with Crippen molar-refractivity contribution in [1.82, 2.24) is 24.6 Å². The molecule has 0 aliphatic carbocycles. The van der Waals surface area contributed by atoms with Gasteiger partial charge in [0, 0.05) is 38.2 Å². The minimum atomic E-state index is 0.0778. The Labute approximate surface area is 198 Å². The molecule has 0 unspecified atom stereocenters. The molecule has 1 aliphatic rings. The first-order valence-electron chi connectivity index (χ1n) is 11.6. The van der Waals surface area contributed by atoms with E-state index in [1.807, 2.05) is 71.2 Å². The first-order valence-corrected chi connectivity index (χ1v) is 11.6. The molecule has 4 aromatic rings. The molecule has 1 saturated heterocycles. The van der Waals surface area contributed by atoms with Gasteiger partial charge in [0.15, 0.2) is 5.65 Å². The number of aromatic nitrogens is 4. The molecule has 8 heteroatoms. The van der Waals surface area contributed by atoms with Crippen LogP contribution >= 0.6 is 0 Å². The molecule has 2 aromatic carbocycles. The highest BCUT2D eigenvalue weighted by Crippen LogP contribution is 2.27. The topological polar surface area (TPSA) is 76.4 Å². The van der Waals surface area contributed by atoms with E-state index < -0.39 is 0 Å². The van der Waals surface area contributed by atoms with E-state index in [-0.39, 0.29) is 5.91 Å². The van der Waals surface area contributed by atoms with Crippen LogP contribution in [0.2, 0.25) is 0 Å². The molecule has 8 nitrogen and oxygen atoms in total. The van der Waals surface area contributed by atoms with E-state index in [0.717, 1.165) is 51.7 Å². The van der Waals surface area contributed by atoms with Gasteiger partial charge in [-0.2, -0.15) is 5.10 Å². The standard InChI is InChI=1S/C26H28N6O2/c1-4-23-28-24(22-17-27-32(25(22)29-23)20-9-11-21(34-3)12-10-20)30-13-15-31(16-14-30)26(33)19-7-5-18(2)6-8-19/h5-12,17H,4,13-16H2,1-3H3. The maximum absolute atomic E-state index is 12.9. The fraction of sp³-hybridized carbons (Fsp3) is 0.308. The summed E-state index contributed by atoms with van der Waals surface area (Å²) in [6.07, 6.45) is 2.56. The lowest BCUT2D eigenvalue weighted by atomic mass is 10.1. The Balaban J connectivity index is 1.41. The highest BCUT2D eigenvalue weighted by atomic mass is 16.5. The van der Waals surface area contributed by atoms with Gasteiger partial charge < -0.3 is 14.5 Å². The number of aryl methyl sites for hydroxylation is 2. The van der Waals surface area contributed by atoms with Crippen LogP contribution in [-0.4, -0.2) is 63.8 Å². The van der Waals surface area contributed by atoms with Crippen molar-refractivity contribution >= 4 is 22.8 Å². The van der Waals surface area contributed by atoms with Crippen molar-refractivity contribution in [2.45, 2.75) is 20.3 Å². The number of nitrogens with zero attached hydrogens (tertiary/aromatic N) is 6. The van der Waals surface area contributed by atoms with Crippen LogP contribution in [0.4, 0.5) is 5.82 Å². The molecule has 3 heterocycles. The van der Waals surface area contributed by atoms with Gasteiger partial charge in [0.2, 0.25) is 0 Å². The summed E-state index contributed by atoms with van der Waals surface area (Å²) in [5.74, 6) is 2.52. The maximum Gasteiger partial charge on any atom is 0.253 e. The molecule has 0 saturated carbocycles. The number of methoxy groups -OCH3 is 1. The van der Waals surface area contributed by atoms with E-state index in [1.54, 1.807) is 7.11 Å². The van der Waals surface area contributed by atoms with Gasteiger partial charge in [-0.15, -0.1) is 0 Å². The summed E-state index contributed by atoms with van der Waals surface area (Å²) in [6, 6.07) is 15.5. The Bertz CT molecular complexity index is 1310. The minimum absolute atomic E-state index is 0.0778. The van der Waals surface area contributed by atoms with Crippen molar-refractivity contribution < 1.29 is 9.53 Å². The molecular weight excluding hydrogens is 428 g/mol. The van der Waals surface area contributed by atoms with Crippen LogP contribution < -0.4 is 9.64 Å². The number of hydrogen-bond donors (Lipinski definition) is 0. The second kappa shape index (κ2) is 9.13. The Morgan fingerprint density at radius 3 is 2.32 bits per heavy atom. The molecule has 0 N–H and O–H groups in total. The van der Waals surface area contributed by atoms with Crippen LogP contribution in [0.25, 0.3) is 16.7 Å². The Morgan fingerprint density at radius 2 is 1.68 bits per heavy atom.